The van der Waals surface area contributed by atoms with Gasteiger partial charge in [0.15, 0.2) is 5.16 Å². The molecule has 2 amide bonds. The van der Waals surface area contributed by atoms with Crippen LogP contribution in [0.4, 0.5) is 5.69 Å². The number of terminal acetylenes is 1. The highest BCUT2D eigenvalue weighted by Crippen LogP contribution is 2.22. The second kappa shape index (κ2) is 9.13. The molecular weight excluding hydrogens is 384 g/mol. The first-order chi connectivity index (χ1) is 14.1. The molecule has 0 fully saturated rings. The Morgan fingerprint density at radius 2 is 2.03 bits per heavy atom. The van der Waals surface area contributed by atoms with Gasteiger partial charge in [-0.25, -0.2) is 4.98 Å². The zero-order valence-corrected chi connectivity index (χ0v) is 16.9. The molecule has 1 heterocycles. The molecule has 29 heavy (non-hydrogen) atoms. The Balaban J connectivity index is 2.00. The van der Waals surface area contributed by atoms with E-state index in [4.69, 9.17) is 6.42 Å². The normalized spacial score (nSPS) is 10.2. The van der Waals surface area contributed by atoms with E-state index in [1.165, 1.54) is 23.7 Å². The van der Waals surface area contributed by atoms with Crippen LogP contribution in [0, 0.1) is 12.3 Å². The van der Waals surface area contributed by atoms with E-state index in [-0.39, 0.29) is 18.4 Å². The molecule has 0 aliphatic heterocycles. The Kier molecular flexibility index (Phi) is 6.37. The van der Waals surface area contributed by atoms with Crippen molar-refractivity contribution < 1.29 is 9.59 Å². The molecule has 146 valence electrons. The third kappa shape index (κ3) is 4.50. The van der Waals surface area contributed by atoms with Gasteiger partial charge in [-0.05, 0) is 42.7 Å². The summed E-state index contributed by atoms with van der Waals surface area (Å²) in [7, 11) is 1.53. The first kappa shape index (κ1) is 20.2. The molecule has 2 aromatic carbocycles. The average Bonchev–Trinajstić information content (AvgIpc) is 3.26. The van der Waals surface area contributed by atoms with Crippen LogP contribution >= 0.6 is 11.8 Å². The summed E-state index contributed by atoms with van der Waals surface area (Å²) in [5.41, 5.74) is 2.47. The molecule has 0 spiro atoms. The molecule has 1 aromatic heterocycles. The summed E-state index contributed by atoms with van der Waals surface area (Å²) < 4.78 is 1.91. The van der Waals surface area contributed by atoms with Gasteiger partial charge in [0.05, 0.1) is 0 Å². The smallest absolute Gasteiger partial charge is 0.258 e. The van der Waals surface area contributed by atoms with E-state index in [1.54, 1.807) is 42.6 Å². The molecule has 7 heteroatoms. The second-order valence-electron chi connectivity index (χ2n) is 6.09. The van der Waals surface area contributed by atoms with Crippen molar-refractivity contribution in [2.24, 2.45) is 0 Å². The van der Waals surface area contributed by atoms with Crippen molar-refractivity contribution in [1.29, 1.82) is 0 Å². The number of aromatic nitrogens is 2. The molecule has 1 N–H and O–H groups in total. The number of thioether (sulfide) groups is 1. The number of benzene rings is 2. The molecule has 3 rings (SSSR count). The van der Waals surface area contributed by atoms with Crippen LogP contribution in [0.1, 0.15) is 15.9 Å². The first-order valence-corrected chi connectivity index (χ1v) is 10.1. The fourth-order valence-electron chi connectivity index (χ4n) is 2.85. The summed E-state index contributed by atoms with van der Waals surface area (Å²) >= 11 is 1.51. The van der Waals surface area contributed by atoms with Crippen molar-refractivity contribution in [3.8, 4) is 18.0 Å². The van der Waals surface area contributed by atoms with Gasteiger partial charge >= 0.3 is 0 Å². The fourth-order valence-corrected chi connectivity index (χ4v) is 3.38. The van der Waals surface area contributed by atoms with Crippen LogP contribution < -0.4 is 10.2 Å². The van der Waals surface area contributed by atoms with E-state index in [2.05, 4.69) is 16.2 Å². The molecular formula is C22H20N4O2S. The number of carbonyl (C=O) groups excluding carboxylic acids is 2. The van der Waals surface area contributed by atoms with Crippen LogP contribution in [-0.4, -0.2) is 41.2 Å². The van der Waals surface area contributed by atoms with Gasteiger partial charge in [0.2, 0.25) is 5.91 Å². The summed E-state index contributed by atoms with van der Waals surface area (Å²) in [5, 5.41) is 3.38. The highest BCUT2D eigenvalue weighted by atomic mass is 32.2. The number of amides is 2. The first-order valence-electron chi connectivity index (χ1n) is 8.84. The topological polar surface area (TPSA) is 67.2 Å². The van der Waals surface area contributed by atoms with Gasteiger partial charge in [0, 0.05) is 41.9 Å². The summed E-state index contributed by atoms with van der Waals surface area (Å²) in [6, 6.07) is 14.2. The largest absolute Gasteiger partial charge is 0.358 e. The van der Waals surface area contributed by atoms with Gasteiger partial charge in [0.1, 0.15) is 6.54 Å². The second-order valence-corrected chi connectivity index (χ2v) is 6.87. The zero-order chi connectivity index (χ0) is 20.8. The quantitative estimate of drug-likeness (QED) is 0.507. The highest BCUT2D eigenvalue weighted by Gasteiger charge is 2.21. The third-order valence-corrected chi connectivity index (χ3v) is 4.98. The highest BCUT2D eigenvalue weighted by molar-refractivity contribution is 7.98. The molecule has 6 nitrogen and oxygen atoms in total. The minimum atomic E-state index is -0.296. The van der Waals surface area contributed by atoms with Gasteiger partial charge in [-0.2, -0.15) is 0 Å². The van der Waals surface area contributed by atoms with Crippen molar-refractivity contribution in [2.75, 3.05) is 24.7 Å². The lowest BCUT2D eigenvalue weighted by Gasteiger charge is -2.23. The Labute approximate surface area is 173 Å². The number of rotatable bonds is 6. The molecule has 0 saturated heterocycles. The van der Waals surface area contributed by atoms with Crippen LogP contribution in [0.2, 0.25) is 0 Å². The third-order valence-electron chi connectivity index (χ3n) is 4.31. The monoisotopic (exact) mass is 404 g/mol. The van der Waals surface area contributed by atoms with Gasteiger partial charge in [-0.15, -0.1) is 6.42 Å². The van der Waals surface area contributed by atoms with Crippen molar-refractivity contribution in [3.05, 3.63) is 72.1 Å². The van der Waals surface area contributed by atoms with E-state index < -0.39 is 0 Å². The molecule has 0 radical (unpaired) electrons. The Hall–Kier alpha value is -3.50. The van der Waals surface area contributed by atoms with Gasteiger partial charge in [-0.1, -0.05) is 29.8 Å². The van der Waals surface area contributed by atoms with Crippen molar-refractivity contribution in [2.45, 2.75) is 5.16 Å². The Morgan fingerprint density at radius 3 is 2.76 bits per heavy atom. The summed E-state index contributed by atoms with van der Waals surface area (Å²) in [4.78, 5) is 31.1. The number of carbonyl (C=O) groups is 2. The number of nitrogens with zero attached hydrogens (tertiary/aromatic N) is 3. The van der Waals surface area contributed by atoms with E-state index in [1.807, 2.05) is 29.2 Å². The van der Waals surface area contributed by atoms with Gasteiger partial charge in [0.25, 0.3) is 5.91 Å². The van der Waals surface area contributed by atoms with E-state index in [0.29, 0.717) is 16.8 Å². The lowest BCUT2D eigenvalue weighted by Crippen LogP contribution is -2.39. The van der Waals surface area contributed by atoms with Crippen LogP contribution in [0.3, 0.4) is 0 Å². The lowest BCUT2D eigenvalue weighted by atomic mass is 10.1. The van der Waals surface area contributed by atoms with E-state index in [0.717, 1.165) is 10.8 Å². The Morgan fingerprint density at radius 1 is 1.24 bits per heavy atom. The van der Waals surface area contributed by atoms with Gasteiger partial charge in [-0.3, -0.25) is 19.1 Å². The van der Waals surface area contributed by atoms with Crippen LogP contribution in [0.25, 0.3) is 5.69 Å². The molecule has 0 atom stereocenters. The predicted octanol–water partition coefficient (Wildman–Crippen LogP) is 2.97. The number of likely N-dealkylation sites (N-methyl/N-ethyl adjacent to an activating group) is 1. The van der Waals surface area contributed by atoms with Crippen molar-refractivity contribution in [3.63, 3.8) is 0 Å². The van der Waals surface area contributed by atoms with Gasteiger partial charge < -0.3 is 5.32 Å². The zero-order valence-electron chi connectivity index (χ0n) is 16.1. The van der Waals surface area contributed by atoms with Crippen molar-refractivity contribution in [1.82, 2.24) is 14.9 Å². The summed E-state index contributed by atoms with van der Waals surface area (Å²) in [5.74, 6) is 1.98. The molecule has 0 bridgehead atoms. The maximum atomic E-state index is 13.3. The summed E-state index contributed by atoms with van der Waals surface area (Å²) in [6.07, 6.45) is 11.0. The van der Waals surface area contributed by atoms with Crippen molar-refractivity contribution >= 4 is 29.3 Å². The number of nitrogens with one attached hydrogen (secondary N) is 1. The fraction of sp³-hybridized carbons (Fsp3) is 0.136. The standard InChI is InChI=1S/C22H20N4O2S/c1-4-16-7-5-9-18(13-16)26(15-20(27)23-2)21(28)17-8-6-10-19(14-17)25-12-11-24-22(25)29-3/h1,5-14H,15H2,2-3H3,(H,23,27). The summed E-state index contributed by atoms with van der Waals surface area (Å²) in [6.45, 7) is -0.116. The van der Waals surface area contributed by atoms with E-state index >= 15 is 0 Å². The van der Waals surface area contributed by atoms with Crippen LogP contribution in [0.15, 0.2) is 66.1 Å². The lowest BCUT2D eigenvalue weighted by molar-refractivity contribution is -0.119. The molecule has 0 unspecified atom stereocenters. The number of anilines is 1. The molecule has 0 saturated carbocycles. The minimum absolute atomic E-state index is 0.116. The minimum Gasteiger partial charge on any atom is -0.358 e. The number of hydrogen-bond donors (Lipinski definition) is 1. The predicted molar refractivity (Wildman–Crippen MR) is 115 cm³/mol. The van der Waals surface area contributed by atoms with Crippen LogP contribution in [-0.2, 0) is 4.79 Å². The van der Waals surface area contributed by atoms with Crippen LogP contribution in [0.5, 0.6) is 0 Å². The number of hydrogen-bond acceptors (Lipinski definition) is 4. The molecule has 0 aliphatic rings. The molecule has 0 aliphatic carbocycles. The SMILES string of the molecule is C#Cc1cccc(N(CC(=O)NC)C(=O)c2cccc(-n3ccnc3SC)c2)c1. The number of imidazole rings is 1. The average molecular weight is 404 g/mol. The Bertz CT molecular complexity index is 1080. The van der Waals surface area contributed by atoms with E-state index in [9.17, 15) is 9.59 Å². The maximum absolute atomic E-state index is 13.3. The molecule has 3 aromatic rings. The maximum Gasteiger partial charge on any atom is 0.258 e.